The van der Waals surface area contributed by atoms with Gasteiger partial charge < -0.3 is 4.74 Å². The molecule has 1 heterocycles. The van der Waals surface area contributed by atoms with E-state index in [2.05, 4.69) is 86.3 Å². The lowest BCUT2D eigenvalue weighted by Gasteiger charge is -2.46. The normalized spacial score (nSPS) is 29.0. The largest absolute Gasteiger partial charge is 0.364 e. The summed E-state index contributed by atoms with van der Waals surface area (Å²) in [7, 11) is 0. The Kier molecular flexibility index (Phi) is 5.16. The van der Waals surface area contributed by atoms with Gasteiger partial charge in [0, 0.05) is 23.2 Å². The molecule has 2 aliphatic rings. The Bertz CT molecular complexity index is 662. The quantitative estimate of drug-likeness (QED) is 0.567. The first-order valence-electron chi connectivity index (χ1n) is 10.1. The molecule has 0 spiro atoms. The monoisotopic (exact) mass is 366 g/mol. The predicted octanol–water partition coefficient (Wildman–Crippen LogP) is 6.64. The summed E-state index contributed by atoms with van der Waals surface area (Å²) in [6.07, 6.45) is 6.11. The first-order valence-corrected chi connectivity index (χ1v) is 11.0. The third-order valence-corrected chi connectivity index (χ3v) is 8.40. The van der Waals surface area contributed by atoms with Gasteiger partial charge in [0.1, 0.15) is 4.93 Å². The summed E-state index contributed by atoms with van der Waals surface area (Å²) in [4.78, 5) is -0.0290. The van der Waals surface area contributed by atoms with Gasteiger partial charge in [0.25, 0.3) is 0 Å². The van der Waals surface area contributed by atoms with E-state index in [0.29, 0.717) is 11.2 Å². The summed E-state index contributed by atoms with van der Waals surface area (Å²) in [6, 6.07) is 22.3. The standard InChI is InChI=1S/C24H30OS/c1-3-19(2)26-24-16-10-15-23(24,17-18-25-24)22(20-11-6-4-7-12-20)21-13-8-5-9-14-21/h4-9,11-14,19,22H,3,10,15-18H2,1-2H3. The van der Waals surface area contributed by atoms with Gasteiger partial charge in [-0.1, -0.05) is 74.5 Å². The van der Waals surface area contributed by atoms with Crippen molar-refractivity contribution in [3.05, 3.63) is 71.8 Å². The van der Waals surface area contributed by atoms with E-state index in [-0.39, 0.29) is 10.3 Å². The van der Waals surface area contributed by atoms with Gasteiger partial charge in [0.05, 0.1) is 0 Å². The summed E-state index contributed by atoms with van der Waals surface area (Å²) >= 11 is 2.12. The molecule has 0 amide bonds. The molecule has 3 atom stereocenters. The topological polar surface area (TPSA) is 9.23 Å². The molecule has 4 rings (SSSR count). The number of hydrogen-bond donors (Lipinski definition) is 0. The van der Waals surface area contributed by atoms with Crippen LogP contribution in [0, 0.1) is 5.41 Å². The van der Waals surface area contributed by atoms with Gasteiger partial charge in [0.15, 0.2) is 0 Å². The van der Waals surface area contributed by atoms with Crippen LogP contribution < -0.4 is 0 Å². The van der Waals surface area contributed by atoms with Crippen molar-refractivity contribution in [3.8, 4) is 0 Å². The first-order chi connectivity index (χ1) is 12.7. The van der Waals surface area contributed by atoms with E-state index in [1.165, 1.54) is 43.2 Å². The minimum absolute atomic E-state index is 0.0290. The maximum absolute atomic E-state index is 6.63. The Morgan fingerprint density at radius 2 is 1.54 bits per heavy atom. The van der Waals surface area contributed by atoms with Crippen LogP contribution in [-0.2, 0) is 4.74 Å². The van der Waals surface area contributed by atoms with E-state index in [4.69, 9.17) is 4.74 Å². The van der Waals surface area contributed by atoms with Crippen LogP contribution in [0.3, 0.4) is 0 Å². The molecule has 1 aliphatic carbocycles. The van der Waals surface area contributed by atoms with Crippen molar-refractivity contribution in [1.82, 2.24) is 0 Å². The molecule has 0 aromatic heterocycles. The van der Waals surface area contributed by atoms with Crippen LogP contribution in [0.5, 0.6) is 0 Å². The molecule has 1 aliphatic heterocycles. The molecule has 2 aromatic rings. The van der Waals surface area contributed by atoms with Gasteiger partial charge in [-0.2, -0.15) is 0 Å². The van der Waals surface area contributed by atoms with E-state index in [1.54, 1.807) is 0 Å². The van der Waals surface area contributed by atoms with Crippen LogP contribution in [0.15, 0.2) is 60.7 Å². The van der Waals surface area contributed by atoms with Gasteiger partial charge in [-0.05, 0) is 43.2 Å². The Labute approximate surface area is 162 Å². The second-order valence-corrected chi connectivity index (χ2v) is 9.65. The molecule has 2 aromatic carbocycles. The molecule has 26 heavy (non-hydrogen) atoms. The number of thioether (sulfide) groups is 1. The van der Waals surface area contributed by atoms with Crippen LogP contribution >= 0.6 is 11.8 Å². The lowest BCUT2D eigenvalue weighted by atomic mass is 9.65. The van der Waals surface area contributed by atoms with Crippen LogP contribution in [0.2, 0.25) is 0 Å². The Morgan fingerprint density at radius 3 is 2.12 bits per heavy atom. The summed E-state index contributed by atoms with van der Waals surface area (Å²) in [6.45, 7) is 5.57. The van der Waals surface area contributed by atoms with E-state index in [1.807, 2.05) is 0 Å². The van der Waals surface area contributed by atoms with Gasteiger partial charge in [-0.3, -0.25) is 0 Å². The van der Waals surface area contributed by atoms with Gasteiger partial charge in [-0.25, -0.2) is 0 Å². The fraction of sp³-hybridized carbons (Fsp3) is 0.500. The van der Waals surface area contributed by atoms with E-state index in [0.717, 1.165) is 6.61 Å². The Hall–Kier alpha value is -1.25. The van der Waals surface area contributed by atoms with E-state index < -0.39 is 0 Å². The van der Waals surface area contributed by atoms with Crippen LogP contribution in [-0.4, -0.2) is 16.8 Å². The maximum Gasteiger partial charge on any atom is 0.120 e. The second kappa shape index (κ2) is 7.40. The number of benzene rings is 2. The van der Waals surface area contributed by atoms with Crippen molar-refractivity contribution in [2.24, 2.45) is 5.41 Å². The van der Waals surface area contributed by atoms with Crippen molar-refractivity contribution in [3.63, 3.8) is 0 Å². The number of hydrogen-bond acceptors (Lipinski definition) is 2. The molecule has 1 saturated heterocycles. The molecule has 0 radical (unpaired) electrons. The number of fused-ring (bicyclic) bond motifs is 1. The summed E-state index contributed by atoms with van der Waals surface area (Å²) < 4.78 is 6.63. The summed E-state index contributed by atoms with van der Waals surface area (Å²) in [5.41, 5.74) is 3.09. The third kappa shape index (κ3) is 2.92. The molecular weight excluding hydrogens is 336 g/mol. The average Bonchev–Trinajstić information content (AvgIpc) is 3.18. The van der Waals surface area contributed by atoms with Gasteiger partial charge in [0.2, 0.25) is 0 Å². The smallest absolute Gasteiger partial charge is 0.120 e. The zero-order chi connectivity index (χ0) is 18.0. The summed E-state index contributed by atoms with van der Waals surface area (Å²) in [5, 5.41) is 0.637. The zero-order valence-corrected chi connectivity index (χ0v) is 16.8. The fourth-order valence-corrected chi connectivity index (χ4v) is 7.04. The molecule has 1 saturated carbocycles. The highest BCUT2D eigenvalue weighted by atomic mass is 32.2. The molecule has 1 nitrogen and oxygen atoms in total. The molecule has 2 fully saturated rings. The molecule has 0 bridgehead atoms. The highest BCUT2D eigenvalue weighted by molar-refractivity contribution is 8.01. The van der Waals surface area contributed by atoms with Gasteiger partial charge in [-0.15, -0.1) is 11.8 Å². The Morgan fingerprint density at radius 1 is 0.923 bits per heavy atom. The van der Waals surface area contributed by atoms with Crippen molar-refractivity contribution in [1.29, 1.82) is 0 Å². The van der Waals surface area contributed by atoms with Crippen molar-refractivity contribution in [2.45, 2.75) is 62.1 Å². The first kappa shape index (κ1) is 18.1. The minimum atomic E-state index is -0.0290. The molecule has 3 unspecified atom stereocenters. The summed E-state index contributed by atoms with van der Waals surface area (Å²) in [5.74, 6) is 0.409. The van der Waals surface area contributed by atoms with Crippen molar-refractivity contribution in [2.75, 3.05) is 6.61 Å². The minimum Gasteiger partial charge on any atom is -0.364 e. The van der Waals surface area contributed by atoms with Crippen LogP contribution in [0.25, 0.3) is 0 Å². The molecule has 138 valence electrons. The fourth-order valence-electron chi connectivity index (χ4n) is 5.25. The van der Waals surface area contributed by atoms with Crippen LogP contribution in [0.1, 0.15) is 63.0 Å². The van der Waals surface area contributed by atoms with Gasteiger partial charge >= 0.3 is 0 Å². The lowest BCUT2D eigenvalue weighted by Crippen LogP contribution is -2.43. The predicted molar refractivity (Wildman–Crippen MR) is 112 cm³/mol. The van der Waals surface area contributed by atoms with Crippen LogP contribution in [0.4, 0.5) is 0 Å². The van der Waals surface area contributed by atoms with E-state index in [9.17, 15) is 0 Å². The SMILES string of the molecule is CCC(C)SC12CCCC1(C(c1ccccc1)c1ccccc1)CCO2. The average molecular weight is 367 g/mol. The number of ether oxygens (including phenoxy) is 1. The molecule has 0 N–H and O–H groups in total. The maximum atomic E-state index is 6.63. The third-order valence-electron chi connectivity index (χ3n) is 6.56. The zero-order valence-electron chi connectivity index (χ0n) is 16.0. The number of rotatable bonds is 6. The Balaban J connectivity index is 1.84. The second-order valence-electron chi connectivity index (χ2n) is 7.95. The van der Waals surface area contributed by atoms with Crippen molar-refractivity contribution >= 4 is 11.8 Å². The lowest BCUT2D eigenvalue weighted by molar-refractivity contribution is 0.0302. The van der Waals surface area contributed by atoms with E-state index >= 15 is 0 Å². The molecular formula is C24H30OS. The highest BCUT2D eigenvalue weighted by Gasteiger charge is 2.63. The molecule has 2 heteroatoms. The van der Waals surface area contributed by atoms with Crippen molar-refractivity contribution < 1.29 is 4.74 Å². The highest BCUT2D eigenvalue weighted by Crippen LogP contribution is 2.68.